The van der Waals surface area contributed by atoms with Crippen LogP contribution in [0.25, 0.3) is 0 Å². The van der Waals surface area contributed by atoms with E-state index < -0.39 is 66.8 Å². The van der Waals surface area contributed by atoms with E-state index >= 15 is 0 Å². The van der Waals surface area contributed by atoms with Crippen LogP contribution in [0.5, 0.6) is 0 Å². The zero-order valence-corrected chi connectivity index (χ0v) is 12.8. The summed E-state index contributed by atoms with van der Waals surface area (Å²) < 4.78 is 218. The van der Waals surface area contributed by atoms with Crippen LogP contribution < -0.4 is 0 Å². The van der Waals surface area contributed by atoms with Crippen molar-refractivity contribution in [2.24, 2.45) is 0 Å². The van der Waals surface area contributed by atoms with Crippen molar-refractivity contribution >= 4 is 6.29 Å². The molecule has 0 radical (unpaired) electrons. The van der Waals surface area contributed by atoms with Crippen LogP contribution in [-0.2, 0) is 4.79 Å². The van der Waals surface area contributed by atoms with Gasteiger partial charge in [0.2, 0.25) is 0 Å². The molecule has 0 N–H and O–H groups in total. The number of alkyl halides is 17. The molecule has 0 aliphatic rings. The Morgan fingerprint density at radius 1 is 0.448 bits per heavy atom. The van der Waals surface area contributed by atoms with E-state index in [1.807, 2.05) is 0 Å². The summed E-state index contributed by atoms with van der Waals surface area (Å²) in [5, 5.41) is 0. The molecular weight excluding hydrogens is 471 g/mol. The van der Waals surface area contributed by atoms with Crippen molar-refractivity contribution in [2.75, 3.05) is 0 Å². The minimum atomic E-state index is -8.63. The normalized spacial score (nSPS) is 16.2. The van der Waals surface area contributed by atoms with Crippen LogP contribution >= 0.6 is 0 Å². The van der Waals surface area contributed by atoms with E-state index in [2.05, 4.69) is 0 Å². The molecule has 0 aliphatic heterocycles. The van der Waals surface area contributed by atoms with Gasteiger partial charge in [0.15, 0.2) is 0 Å². The molecule has 0 spiro atoms. The van der Waals surface area contributed by atoms with E-state index in [0.717, 1.165) is 0 Å². The summed E-state index contributed by atoms with van der Waals surface area (Å²) in [6.07, 6.45) is -12.9. The first-order chi connectivity index (χ1) is 12.3. The number of halogens is 17. The molecule has 0 atom stereocenters. The van der Waals surface area contributed by atoms with E-state index in [9.17, 15) is 79.4 Å². The summed E-state index contributed by atoms with van der Waals surface area (Å²) in [6.45, 7) is 0. The number of rotatable bonds is 9. The van der Waals surface area contributed by atoms with Gasteiger partial charge >= 0.3 is 47.6 Å². The second-order valence-electron chi connectivity index (χ2n) is 5.35. The van der Waals surface area contributed by atoms with Crippen LogP contribution in [0.1, 0.15) is 12.8 Å². The van der Waals surface area contributed by atoms with Gasteiger partial charge in [-0.25, -0.2) is 0 Å². The van der Waals surface area contributed by atoms with Gasteiger partial charge in [0.05, 0.1) is 0 Å². The Morgan fingerprint density at radius 3 is 1.00 bits per heavy atom. The Hall–Kier alpha value is -1.52. The van der Waals surface area contributed by atoms with Crippen molar-refractivity contribution < 1.29 is 79.4 Å². The third kappa shape index (κ3) is 3.59. The highest BCUT2D eigenvalue weighted by Crippen LogP contribution is 2.64. The van der Waals surface area contributed by atoms with Crippen LogP contribution in [0.4, 0.5) is 74.6 Å². The minimum Gasteiger partial charge on any atom is -0.303 e. The summed E-state index contributed by atoms with van der Waals surface area (Å²) >= 11 is 0. The van der Waals surface area contributed by atoms with Gasteiger partial charge in [-0.2, -0.15) is 74.6 Å². The Bertz CT molecular complexity index is 601. The fourth-order valence-corrected chi connectivity index (χ4v) is 1.59. The smallest absolute Gasteiger partial charge is 0.303 e. The predicted molar refractivity (Wildman–Crippen MR) is 56.0 cm³/mol. The van der Waals surface area contributed by atoms with Crippen molar-refractivity contribution in [1.82, 2.24) is 0 Å². The molecule has 0 saturated heterocycles. The lowest BCUT2D eigenvalue weighted by molar-refractivity contribution is -0.461. The molecule has 0 amide bonds. The van der Waals surface area contributed by atoms with Crippen LogP contribution in [0, 0.1) is 0 Å². The standard InChI is InChI=1S/C11H5F17O/c12-4(13,2-1-3-29)5(14,15)6(16,17)7(18,19)8(20,21)9(22,23)10(24,25)11(26,27)28/h3H,1-2H2. The number of hydrogen-bond acceptors (Lipinski definition) is 1. The van der Waals surface area contributed by atoms with Gasteiger partial charge in [-0.15, -0.1) is 0 Å². The highest BCUT2D eigenvalue weighted by atomic mass is 19.4. The first-order valence-electron chi connectivity index (χ1n) is 6.46. The average molecular weight is 476 g/mol. The number of carbonyl (C=O) groups excluding carboxylic acids is 1. The summed E-state index contributed by atoms with van der Waals surface area (Å²) in [5.74, 6) is -56.4. The van der Waals surface area contributed by atoms with Crippen LogP contribution in [0.15, 0.2) is 0 Å². The van der Waals surface area contributed by atoms with Gasteiger partial charge in [-0.1, -0.05) is 0 Å². The summed E-state index contributed by atoms with van der Waals surface area (Å²) in [6, 6.07) is 0. The molecule has 174 valence electrons. The Kier molecular flexibility index (Phi) is 6.65. The Labute approximate surface area is 147 Å². The molecule has 0 bridgehead atoms. The molecule has 0 aromatic rings. The lowest BCUT2D eigenvalue weighted by Gasteiger charge is -2.42. The molecule has 0 saturated carbocycles. The third-order valence-corrected chi connectivity index (χ3v) is 3.36. The lowest BCUT2D eigenvalue weighted by Crippen LogP contribution is -2.74. The number of aldehydes is 1. The third-order valence-electron chi connectivity index (χ3n) is 3.36. The average Bonchev–Trinajstić information content (AvgIpc) is 2.50. The molecule has 0 rings (SSSR count). The molecule has 0 aromatic heterocycles. The van der Waals surface area contributed by atoms with Crippen molar-refractivity contribution in [3.05, 3.63) is 0 Å². The first-order valence-corrected chi connectivity index (χ1v) is 6.46. The molecule has 1 nitrogen and oxygen atoms in total. The molecular formula is C11H5F17O. The van der Waals surface area contributed by atoms with Gasteiger partial charge in [-0.05, 0) is 0 Å². The van der Waals surface area contributed by atoms with Crippen LogP contribution in [0.3, 0.4) is 0 Å². The van der Waals surface area contributed by atoms with Crippen molar-refractivity contribution in [1.29, 1.82) is 0 Å². The highest BCUT2D eigenvalue weighted by molar-refractivity contribution is 5.49. The minimum absolute atomic E-state index is 0.660. The van der Waals surface area contributed by atoms with E-state index in [1.165, 1.54) is 0 Å². The maximum absolute atomic E-state index is 13.2. The second kappa shape index (κ2) is 7.02. The highest BCUT2D eigenvalue weighted by Gasteiger charge is 2.95. The van der Waals surface area contributed by atoms with Crippen molar-refractivity contribution in [3.63, 3.8) is 0 Å². The summed E-state index contributed by atoms with van der Waals surface area (Å²) in [5.41, 5.74) is 0. The molecule has 29 heavy (non-hydrogen) atoms. The SMILES string of the molecule is O=CCCC(F)(F)C(F)(F)C(F)(F)C(F)(F)C(F)(F)C(F)(F)C(F)(F)C(F)(F)F. The van der Waals surface area contributed by atoms with E-state index in [1.54, 1.807) is 0 Å². The molecule has 0 aromatic carbocycles. The maximum Gasteiger partial charge on any atom is 0.460 e. The number of hydrogen-bond donors (Lipinski definition) is 0. The summed E-state index contributed by atoms with van der Waals surface area (Å²) in [7, 11) is 0. The largest absolute Gasteiger partial charge is 0.460 e. The fourth-order valence-electron chi connectivity index (χ4n) is 1.59. The van der Waals surface area contributed by atoms with Crippen LogP contribution in [-0.4, -0.2) is 53.9 Å². The van der Waals surface area contributed by atoms with Gasteiger partial charge in [-0.3, -0.25) is 0 Å². The molecule has 0 fully saturated rings. The molecule has 0 heterocycles. The van der Waals surface area contributed by atoms with E-state index in [4.69, 9.17) is 0 Å². The second-order valence-corrected chi connectivity index (χ2v) is 5.35. The molecule has 0 unspecified atom stereocenters. The first kappa shape index (κ1) is 27.5. The molecule has 0 aliphatic carbocycles. The van der Waals surface area contributed by atoms with Crippen LogP contribution in [0.2, 0.25) is 0 Å². The fraction of sp³-hybridized carbons (Fsp3) is 0.909. The van der Waals surface area contributed by atoms with E-state index in [-0.39, 0.29) is 0 Å². The zero-order chi connectivity index (χ0) is 24.1. The number of carbonyl (C=O) groups is 1. The van der Waals surface area contributed by atoms with Crippen molar-refractivity contribution in [2.45, 2.75) is 60.5 Å². The monoisotopic (exact) mass is 476 g/mol. The maximum atomic E-state index is 13.2. The molecule has 18 heteroatoms. The van der Waals surface area contributed by atoms with E-state index in [0.29, 0.717) is 0 Å². The topological polar surface area (TPSA) is 17.1 Å². The Morgan fingerprint density at radius 2 is 0.724 bits per heavy atom. The van der Waals surface area contributed by atoms with Gasteiger partial charge < -0.3 is 4.79 Å². The zero-order valence-electron chi connectivity index (χ0n) is 12.8. The lowest BCUT2D eigenvalue weighted by atomic mass is 9.88. The van der Waals surface area contributed by atoms with Gasteiger partial charge in [0.25, 0.3) is 0 Å². The van der Waals surface area contributed by atoms with Crippen molar-refractivity contribution in [3.8, 4) is 0 Å². The van der Waals surface area contributed by atoms with Gasteiger partial charge in [0, 0.05) is 12.8 Å². The Balaban J connectivity index is 6.61. The summed E-state index contributed by atoms with van der Waals surface area (Å²) in [4.78, 5) is 9.80. The predicted octanol–water partition coefficient (Wildman–Crippen LogP) is 5.97. The quantitative estimate of drug-likeness (QED) is 0.296. The van der Waals surface area contributed by atoms with Gasteiger partial charge in [0.1, 0.15) is 6.29 Å².